The quantitative estimate of drug-likeness (QED) is 0.163. The van der Waals surface area contributed by atoms with Crippen molar-refractivity contribution in [2.24, 2.45) is 0 Å². The molecule has 0 bridgehead atoms. The van der Waals surface area contributed by atoms with Gasteiger partial charge in [0.2, 0.25) is 0 Å². The first-order valence-corrected chi connectivity index (χ1v) is 19.6. The van der Waals surface area contributed by atoms with E-state index in [1.807, 2.05) is 12.1 Å². The number of nitrogens with zero attached hydrogens (tertiary/aromatic N) is 1. The van der Waals surface area contributed by atoms with Crippen molar-refractivity contribution in [1.29, 1.82) is 0 Å². The molecular weight excluding hydrogens is 691 g/mol. The third kappa shape index (κ3) is 5.33. The molecule has 1 heterocycles. The fraction of sp³-hybridized carbons (Fsp3) is 0.0182. The highest BCUT2D eigenvalue weighted by Gasteiger charge is 2.45. The summed E-state index contributed by atoms with van der Waals surface area (Å²) < 4.78 is 6.13. The maximum absolute atomic E-state index is 6.13. The van der Waals surface area contributed by atoms with Crippen molar-refractivity contribution in [2.45, 2.75) is 5.41 Å². The first-order valence-electron chi connectivity index (χ1n) is 19.6. The van der Waals surface area contributed by atoms with Crippen LogP contribution in [-0.2, 0) is 5.41 Å². The second-order valence-electron chi connectivity index (χ2n) is 14.9. The minimum Gasteiger partial charge on any atom is -0.456 e. The molecule has 0 saturated heterocycles. The summed E-state index contributed by atoms with van der Waals surface area (Å²) in [5, 5.41) is 2.27. The average molecular weight is 728 g/mol. The summed E-state index contributed by atoms with van der Waals surface area (Å²) in [5.41, 5.74) is 17.0. The number of hydrogen-bond acceptors (Lipinski definition) is 2. The van der Waals surface area contributed by atoms with E-state index in [0.29, 0.717) is 0 Å². The Bertz CT molecular complexity index is 3010. The lowest BCUT2D eigenvalue weighted by Gasteiger charge is -2.34. The van der Waals surface area contributed by atoms with E-state index in [-0.39, 0.29) is 0 Å². The van der Waals surface area contributed by atoms with Gasteiger partial charge in [-0.2, -0.15) is 0 Å². The number of furan rings is 1. The van der Waals surface area contributed by atoms with Gasteiger partial charge in [-0.15, -0.1) is 0 Å². The average Bonchev–Trinajstić information content (AvgIpc) is 3.81. The smallest absolute Gasteiger partial charge is 0.135 e. The van der Waals surface area contributed by atoms with Gasteiger partial charge in [-0.25, -0.2) is 0 Å². The molecule has 1 aromatic heterocycles. The third-order valence-corrected chi connectivity index (χ3v) is 11.8. The summed E-state index contributed by atoms with van der Waals surface area (Å²) in [7, 11) is 0. The Balaban J connectivity index is 1.05. The van der Waals surface area contributed by atoms with E-state index in [4.69, 9.17) is 4.42 Å². The SMILES string of the molecule is c1ccc(-c2cccc(N(c3ccc(-c4ccc5oc6ccccc6c5c4)cc3)c3ccc(C4(c5ccccc5)c5ccccc5-c5ccccc54)cc3)c2)cc1. The Morgan fingerprint density at radius 3 is 1.54 bits per heavy atom. The first kappa shape index (κ1) is 33.0. The van der Waals surface area contributed by atoms with Gasteiger partial charge in [0, 0.05) is 27.8 Å². The Morgan fingerprint density at radius 2 is 0.825 bits per heavy atom. The normalized spacial score (nSPS) is 12.7. The van der Waals surface area contributed by atoms with E-state index >= 15 is 0 Å². The van der Waals surface area contributed by atoms with Gasteiger partial charge in [-0.05, 0) is 110 Å². The van der Waals surface area contributed by atoms with Crippen LogP contribution in [0, 0.1) is 0 Å². The van der Waals surface area contributed by atoms with Crippen molar-refractivity contribution >= 4 is 39.0 Å². The topological polar surface area (TPSA) is 16.4 Å². The van der Waals surface area contributed by atoms with E-state index in [2.05, 4.69) is 217 Å². The van der Waals surface area contributed by atoms with Gasteiger partial charge < -0.3 is 9.32 Å². The number of rotatable bonds is 7. The zero-order valence-corrected chi connectivity index (χ0v) is 31.2. The summed E-state index contributed by atoms with van der Waals surface area (Å²) in [6.07, 6.45) is 0. The minimum absolute atomic E-state index is 0.450. The highest BCUT2D eigenvalue weighted by molar-refractivity contribution is 6.06. The van der Waals surface area contributed by atoms with E-state index in [9.17, 15) is 0 Å². The zero-order chi connectivity index (χ0) is 37.8. The van der Waals surface area contributed by atoms with Crippen LogP contribution in [0.2, 0.25) is 0 Å². The lowest BCUT2D eigenvalue weighted by atomic mass is 9.68. The molecule has 1 aliphatic carbocycles. The van der Waals surface area contributed by atoms with E-state index in [0.717, 1.165) is 50.1 Å². The lowest BCUT2D eigenvalue weighted by molar-refractivity contribution is 0.669. The predicted molar refractivity (Wildman–Crippen MR) is 237 cm³/mol. The molecule has 0 unspecified atom stereocenters. The van der Waals surface area contributed by atoms with Crippen LogP contribution in [0.5, 0.6) is 0 Å². The van der Waals surface area contributed by atoms with Gasteiger partial charge in [0.05, 0.1) is 5.41 Å². The molecule has 0 spiro atoms. The van der Waals surface area contributed by atoms with Crippen molar-refractivity contribution in [1.82, 2.24) is 0 Å². The third-order valence-electron chi connectivity index (χ3n) is 11.8. The highest BCUT2D eigenvalue weighted by Crippen LogP contribution is 2.56. The molecule has 0 amide bonds. The van der Waals surface area contributed by atoms with Gasteiger partial charge in [-0.1, -0.05) is 170 Å². The summed E-state index contributed by atoms with van der Waals surface area (Å²) >= 11 is 0. The standard InChI is InChI=1S/C55H37NO/c1-3-14-38(15-4-1)40-16-13-19-46(36-40)56(44-31-26-39(27-32-44)41-28-35-54-50(37-41)49-22-9-12-25-53(49)57-54)45-33-29-43(30-34-45)55(42-17-5-2-6-18-42)51-23-10-7-20-47(51)48-21-8-11-24-52(48)55/h1-37H. The van der Waals surface area contributed by atoms with Crippen molar-refractivity contribution in [3.63, 3.8) is 0 Å². The van der Waals surface area contributed by atoms with E-state index in [1.54, 1.807) is 0 Å². The second kappa shape index (κ2) is 13.4. The van der Waals surface area contributed by atoms with Gasteiger partial charge in [0.1, 0.15) is 11.2 Å². The van der Waals surface area contributed by atoms with Gasteiger partial charge in [0.15, 0.2) is 0 Å². The number of benzene rings is 9. The maximum atomic E-state index is 6.13. The van der Waals surface area contributed by atoms with Crippen LogP contribution in [0.3, 0.4) is 0 Å². The zero-order valence-electron chi connectivity index (χ0n) is 31.2. The molecule has 268 valence electrons. The molecule has 1 aliphatic rings. The molecule has 0 fully saturated rings. The second-order valence-corrected chi connectivity index (χ2v) is 14.9. The molecule has 0 N–H and O–H groups in total. The van der Waals surface area contributed by atoms with Crippen molar-refractivity contribution < 1.29 is 4.42 Å². The Morgan fingerprint density at radius 1 is 0.316 bits per heavy atom. The number of anilines is 3. The van der Waals surface area contributed by atoms with Crippen molar-refractivity contribution in [2.75, 3.05) is 4.90 Å². The summed E-state index contributed by atoms with van der Waals surface area (Å²) in [6.45, 7) is 0. The molecule has 0 aliphatic heterocycles. The highest BCUT2D eigenvalue weighted by atomic mass is 16.3. The number of para-hydroxylation sites is 1. The van der Waals surface area contributed by atoms with Crippen LogP contribution in [0.1, 0.15) is 22.3 Å². The Kier molecular flexibility index (Phi) is 7.75. The van der Waals surface area contributed by atoms with Crippen LogP contribution in [0.15, 0.2) is 229 Å². The van der Waals surface area contributed by atoms with Crippen LogP contribution in [0.25, 0.3) is 55.3 Å². The number of hydrogen-bond donors (Lipinski definition) is 0. The Hall–Kier alpha value is -7.42. The Labute approximate surface area is 332 Å². The molecule has 2 nitrogen and oxygen atoms in total. The molecule has 0 radical (unpaired) electrons. The van der Waals surface area contributed by atoms with E-state index < -0.39 is 5.41 Å². The molecule has 57 heavy (non-hydrogen) atoms. The van der Waals surface area contributed by atoms with Crippen LogP contribution in [0.4, 0.5) is 17.1 Å². The summed E-state index contributed by atoms with van der Waals surface area (Å²) in [6, 6.07) is 81.3. The maximum Gasteiger partial charge on any atom is 0.135 e. The van der Waals surface area contributed by atoms with E-state index in [1.165, 1.54) is 44.5 Å². The molecule has 11 rings (SSSR count). The van der Waals surface area contributed by atoms with Gasteiger partial charge >= 0.3 is 0 Å². The van der Waals surface area contributed by atoms with Crippen molar-refractivity contribution in [3.8, 4) is 33.4 Å². The summed E-state index contributed by atoms with van der Waals surface area (Å²) in [5.74, 6) is 0. The number of fused-ring (bicyclic) bond motifs is 6. The minimum atomic E-state index is -0.450. The fourth-order valence-electron chi connectivity index (χ4n) is 9.18. The fourth-order valence-corrected chi connectivity index (χ4v) is 9.18. The molecule has 0 saturated carbocycles. The van der Waals surface area contributed by atoms with Gasteiger partial charge in [-0.3, -0.25) is 0 Å². The largest absolute Gasteiger partial charge is 0.456 e. The first-order chi connectivity index (χ1) is 28.3. The molecule has 2 heteroatoms. The van der Waals surface area contributed by atoms with Crippen LogP contribution >= 0.6 is 0 Å². The molecule has 9 aromatic carbocycles. The molecular formula is C55H37NO. The lowest BCUT2D eigenvalue weighted by Crippen LogP contribution is -2.28. The monoisotopic (exact) mass is 727 g/mol. The predicted octanol–water partition coefficient (Wildman–Crippen LogP) is 14.8. The van der Waals surface area contributed by atoms with Crippen LogP contribution < -0.4 is 4.90 Å². The van der Waals surface area contributed by atoms with Gasteiger partial charge in [0.25, 0.3) is 0 Å². The van der Waals surface area contributed by atoms with Crippen molar-refractivity contribution in [3.05, 3.63) is 247 Å². The van der Waals surface area contributed by atoms with Crippen LogP contribution in [-0.4, -0.2) is 0 Å². The summed E-state index contributed by atoms with van der Waals surface area (Å²) in [4.78, 5) is 2.37. The molecule has 10 aromatic rings. The molecule has 0 atom stereocenters.